The molecule has 2 aliphatic heterocycles. The van der Waals surface area contributed by atoms with Gasteiger partial charge in [0.2, 0.25) is 47.3 Å². The van der Waals surface area contributed by atoms with Crippen LogP contribution in [0.1, 0.15) is 38.5 Å². The third-order valence-electron chi connectivity index (χ3n) is 6.91. The number of carbonyl (C=O) groups excluding carboxylic acids is 8. The number of nitrogens with one attached hydrogen (secondary N) is 5. The highest BCUT2D eigenvalue weighted by Crippen LogP contribution is 2.23. The van der Waals surface area contributed by atoms with Crippen molar-refractivity contribution in [2.24, 2.45) is 0 Å². The van der Waals surface area contributed by atoms with Gasteiger partial charge in [-0.05, 0) is 19.6 Å². The van der Waals surface area contributed by atoms with E-state index in [0.717, 1.165) is 9.80 Å². The zero-order chi connectivity index (χ0) is 31.9. The Morgan fingerprint density at radius 1 is 0.674 bits per heavy atom. The monoisotopic (exact) mass is 643 g/mol. The average molecular weight is 644 g/mol. The number of hydrogen-bond acceptors (Lipinski definition) is 11. The van der Waals surface area contributed by atoms with Crippen LogP contribution < -0.4 is 26.6 Å². The highest BCUT2D eigenvalue weighted by molar-refractivity contribution is 8.00. The molecular weight excluding hydrogens is 602 g/mol. The number of amides is 8. The molecule has 2 saturated heterocycles. The van der Waals surface area contributed by atoms with Gasteiger partial charge in [0.05, 0.1) is 10.5 Å². The Hall–Kier alpha value is -3.18. The molecule has 0 radical (unpaired) electrons. The normalized spacial score (nSPS) is 19.0. The molecule has 17 heteroatoms. The molecule has 0 aliphatic carbocycles. The van der Waals surface area contributed by atoms with Crippen molar-refractivity contribution in [3.8, 4) is 0 Å². The molecular formula is C26H41N7O8S2. The first kappa shape index (κ1) is 36.0. The number of hydrogen-bond donors (Lipinski definition) is 5. The van der Waals surface area contributed by atoms with Gasteiger partial charge in [0.1, 0.15) is 0 Å². The fourth-order valence-electron chi connectivity index (χ4n) is 4.42. The second kappa shape index (κ2) is 18.5. The van der Waals surface area contributed by atoms with E-state index in [-0.39, 0.29) is 125 Å². The van der Waals surface area contributed by atoms with Crippen molar-refractivity contribution >= 4 is 70.8 Å². The second-order valence-corrected chi connectivity index (χ2v) is 12.0. The van der Waals surface area contributed by atoms with Crippen molar-refractivity contribution in [1.82, 2.24) is 36.4 Å². The van der Waals surface area contributed by atoms with E-state index in [0.29, 0.717) is 0 Å². The quantitative estimate of drug-likeness (QED) is 0.0740. The molecule has 2 heterocycles. The van der Waals surface area contributed by atoms with Gasteiger partial charge in [-0.25, -0.2) is 0 Å². The lowest BCUT2D eigenvalue weighted by Gasteiger charge is -2.16. The lowest BCUT2D eigenvalue weighted by Crippen LogP contribution is -2.42. The van der Waals surface area contributed by atoms with Gasteiger partial charge in [0, 0.05) is 83.8 Å². The zero-order valence-electron chi connectivity index (χ0n) is 24.7. The molecule has 2 rings (SSSR count). The Balaban J connectivity index is 1.54. The summed E-state index contributed by atoms with van der Waals surface area (Å²) >= 11 is 2.62. The standard InChI is InChI=1S/C26H41N7O8S2/c1-27-16(12-21(36)30-8-6-28-19(34)4-10-32-23(38)14-17(42-2)25(32)40)13-22(37)31-9-7-29-20(35)5-11-33-24(39)15-18(43-3)26(33)41/h16-18,27H,4-15H2,1-3H3,(H,28,34)(H,29,35)(H,30,36)(H,31,37). The zero-order valence-corrected chi connectivity index (χ0v) is 26.3. The number of carbonyl (C=O) groups is 8. The van der Waals surface area contributed by atoms with Gasteiger partial charge < -0.3 is 26.6 Å². The molecule has 2 atom stereocenters. The summed E-state index contributed by atoms with van der Waals surface area (Å²) in [6.07, 6.45) is 3.82. The second-order valence-electron chi connectivity index (χ2n) is 9.92. The summed E-state index contributed by atoms with van der Waals surface area (Å²) in [4.78, 5) is 98.9. The summed E-state index contributed by atoms with van der Waals surface area (Å²) in [6, 6.07) is -0.439. The topological polar surface area (TPSA) is 203 Å². The number of likely N-dealkylation sites (tertiary alicyclic amines) is 2. The van der Waals surface area contributed by atoms with Crippen molar-refractivity contribution in [1.29, 1.82) is 0 Å². The Kier molecular flexibility index (Phi) is 15.5. The van der Waals surface area contributed by atoms with Gasteiger partial charge in [-0.1, -0.05) is 0 Å². The molecule has 8 amide bonds. The van der Waals surface area contributed by atoms with Gasteiger partial charge in [-0.2, -0.15) is 23.5 Å². The van der Waals surface area contributed by atoms with Crippen LogP contribution in [0.2, 0.25) is 0 Å². The molecule has 43 heavy (non-hydrogen) atoms. The highest BCUT2D eigenvalue weighted by Gasteiger charge is 2.38. The molecule has 0 aromatic heterocycles. The van der Waals surface area contributed by atoms with Crippen LogP contribution in [0.5, 0.6) is 0 Å². The van der Waals surface area contributed by atoms with Crippen LogP contribution in [0.15, 0.2) is 0 Å². The van der Waals surface area contributed by atoms with Crippen molar-refractivity contribution in [3.05, 3.63) is 0 Å². The fraction of sp³-hybridized carbons (Fsp3) is 0.692. The average Bonchev–Trinajstić information content (AvgIpc) is 3.42. The molecule has 0 aromatic carbocycles. The largest absolute Gasteiger partial charge is 0.354 e. The maximum absolute atomic E-state index is 12.3. The molecule has 15 nitrogen and oxygen atoms in total. The molecule has 2 fully saturated rings. The molecule has 0 aromatic rings. The van der Waals surface area contributed by atoms with Gasteiger partial charge >= 0.3 is 0 Å². The van der Waals surface area contributed by atoms with E-state index in [4.69, 9.17) is 0 Å². The molecule has 2 aliphatic rings. The van der Waals surface area contributed by atoms with E-state index in [1.165, 1.54) is 23.5 Å². The summed E-state index contributed by atoms with van der Waals surface area (Å²) in [5, 5.41) is 12.7. The molecule has 5 N–H and O–H groups in total. The lowest BCUT2D eigenvalue weighted by atomic mass is 10.1. The molecule has 240 valence electrons. The predicted octanol–water partition coefficient (Wildman–Crippen LogP) is -2.42. The van der Waals surface area contributed by atoms with E-state index in [2.05, 4.69) is 26.6 Å². The number of imide groups is 2. The van der Waals surface area contributed by atoms with Gasteiger partial charge in [-0.3, -0.25) is 48.2 Å². The predicted molar refractivity (Wildman–Crippen MR) is 161 cm³/mol. The molecule has 2 unspecified atom stereocenters. The maximum Gasteiger partial charge on any atom is 0.242 e. The number of thioether (sulfide) groups is 2. The molecule has 0 spiro atoms. The summed E-state index contributed by atoms with van der Waals surface area (Å²) in [6.45, 7) is 0.710. The first-order valence-electron chi connectivity index (χ1n) is 14.0. The van der Waals surface area contributed by atoms with E-state index in [1.54, 1.807) is 19.6 Å². The van der Waals surface area contributed by atoms with Gasteiger partial charge in [0.15, 0.2) is 0 Å². The maximum atomic E-state index is 12.3. The van der Waals surface area contributed by atoms with Crippen molar-refractivity contribution in [2.45, 2.75) is 55.1 Å². The first-order valence-corrected chi connectivity index (χ1v) is 16.6. The van der Waals surface area contributed by atoms with Crippen molar-refractivity contribution in [3.63, 3.8) is 0 Å². The van der Waals surface area contributed by atoms with E-state index in [1.807, 2.05) is 0 Å². The van der Waals surface area contributed by atoms with Crippen molar-refractivity contribution < 1.29 is 38.4 Å². The van der Waals surface area contributed by atoms with E-state index < -0.39 is 16.5 Å². The van der Waals surface area contributed by atoms with Crippen LogP contribution in [0.4, 0.5) is 0 Å². The minimum Gasteiger partial charge on any atom is -0.354 e. The van der Waals surface area contributed by atoms with Crippen LogP contribution in [-0.4, -0.2) is 132 Å². The minimum atomic E-state index is -0.439. The van der Waals surface area contributed by atoms with Crippen molar-refractivity contribution in [2.75, 3.05) is 58.8 Å². The smallest absolute Gasteiger partial charge is 0.242 e. The summed E-state index contributed by atoms with van der Waals surface area (Å²) in [5.41, 5.74) is 0. The fourth-order valence-corrected chi connectivity index (χ4v) is 5.70. The van der Waals surface area contributed by atoms with Crippen LogP contribution in [-0.2, 0) is 38.4 Å². The molecule has 0 bridgehead atoms. The minimum absolute atomic E-state index is 0.0209. The van der Waals surface area contributed by atoms with Crippen LogP contribution in [0.3, 0.4) is 0 Å². The van der Waals surface area contributed by atoms with Gasteiger partial charge in [0.25, 0.3) is 0 Å². The SMILES string of the molecule is CNC(CC(=O)NCCNC(=O)CCN1C(=O)CC(SC)C1=O)CC(=O)NCCNC(=O)CCN1C(=O)CC(SC)C1=O. The molecule has 0 saturated carbocycles. The number of nitrogens with zero attached hydrogens (tertiary/aromatic N) is 2. The van der Waals surface area contributed by atoms with Gasteiger partial charge in [-0.15, -0.1) is 0 Å². The third kappa shape index (κ3) is 11.8. The highest BCUT2D eigenvalue weighted by atomic mass is 32.2. The van der Waals surface area contributed by atoms with E-state index >= 15 is 0 Å². The Morgan fingerprint density at radius 3 is 1.33 bits per heavy atom. The van der Waals surface area contributed by atoms with Crippen LogP contribution in [0.25, 0.3) is 0 Å². The first-order chi connectivity index (χ1) is 20.5. The summed E-state index contributed by atoms with van der Waals surface area (Å²) < 4.78 is 0. The summed E-state index contributed by atoms with van der Waals surface area (Å²) in [5.74, 6) is -2.43. The Labute approximate surface area is 259 Å². The van der Waals surface area contributed by atoms with Crippen LogP contribution in [0, 0.1) is 0 Å². The number of rotatable bonds is 19. The Bertz CT molecular complexity index is 996. The lowest BCUT2D eigenvalue weighted by molar-refractivity contribution is -0.140. The third-order valence-corrected chi connectivity index (χ3v) is 8.78. The Morgan fingerprint density at radius 2 is 1.02 bits per heavy atom. The van der Waals surface area contributed by atoms with E-state index in [9.17, 15) is 38.4 Å². The summed E-state index contributed by atoms with van der Waals surface area (Å²) in [7, 11) is 1.63. The van der Waals surface area contributed by atoms with Crippen LogP contribution >= 0.6 is 23.5 Å².